The first kappa shape index (κ1) is 31.6. The maximum Gasteiger partial charge on any atom is 0.435 e. The Kier molecular flexibility index (Phi) is 9.35. The molecule has 2 amide bonds. The van der Waals surface area contributed by atoms with Gasteiger partial charge in [-0.05, 0) is 30.3 Å². The van der Waals surface area contributed by atoms with Crippen LogP contribution in [0.1, 0.15) is 5.69 Å². The Bertz CT molecular complexity index is 1850. The molecule has 0 unspecified atom stereocenters. The van der Waals surface area contributed by atoms with Crippen LogP contribution in [0, 0.1) is 0 Å². The number of amides is 2. The molecule has 1 aliphatic heterocycles. The van der Waals surface area contributed by atoms with Crippen molar-refractivity contribution in [1.82, 2.24) is 24.6 Å². The Morgan fingerprint density at radius 1 is 0.957 bits per heavy atom. The Morgan fingerprint density at radius 2 is 1.77 bits per heavy atom. The van der Waals surface area contributed by atoms with Gasteiger partial charge in [0.1, 0.15) is 24.5 Å². The summed E-state index contributed by atoms with van der Waals surface area (Å²) in [4.78, 5) is 23.8. The van der Waals surface area contributed by atoms with Crippen LogP contribution in [0.5, 0.6) is 23.1 Å². The maximum atomic E-state index is 13.4. The standard InChI is InChI=1S/C32H30F3N7O5/c1-44-26-17-24-25(18-27(26)46-15-12-41-10-13-45-14-11-41)36-20-37-30(24)47-23-9-5-6-21(16-23)38-31(43)39-29-19-28(32(33,34)35)40-42(29)22-7-3-2-4-8-22/h2-9,16-20H,10-15H2,1H3,(H2,38,39,43). The largest absolute Gasteiger partial charge is 0.493 e. The summed E-state index contributed by atoms with van der Waals surface area (Å²) in [5, 5.41) is 9.28. The average molecular weight is 650 g/mol. The van der Waals surface area contributed by atoms with Gasteiger partial charge in [-0.2, -0.15) is 18.3 Å². The predicted octanol–water partition coefficient (Wildman–Crippen LogP) is 5.99. The number of benzene rings is 3. The fourth-order valence-electron chi connectivity index (χ4n) is 4.91. The van der Waals surface area contributed by atoms with E-state index in [1.165, 1.54) is 13.4 Å². The SMILES string of the molecule is COc1cc2c(Oc3cccc(NC(=O)Nc4cc(C(F)(F)F)nn4-c4ccccc4)c3)ncnc2cc1OCCN1CCOCC1. The minimum Gasteiger partial charge on any atom is -0.493 e. The number of carbonyl (C=O) groups is 1. The van der Waals surface area contributed by atoms with Gasteiger partial charge in [0.25, 0.3) is 0 Å². The molecule has 0 aliphatic carbocycles. The molecule has 0 radical (unpaired) electrons. The molecule has 47 heavy (non-hydrogen) atoms. The van der Waals surface area contributed by atoms with Crippen LogP contribution < -0.4 is 24.8 Å². The minimum atomic E-state index is -4.70. The number of anilines is 2. The molecule has 0 bridgehead atoms. The first-order valence-corrected chi connectivity index (χ1v) is 14.6. The van der Waals surface area contributed by atoms with Gasteiger partial charge in [0.05, 0.1) is 36.9 Å². The molecule has 0 saturated carbocycles. The van der Waals surface area contributed by atoms with Crippen LogP contribution in [-0.2, 0) is 10.9 Å². The molecule has 12 nitrogen and oxygen atoms in total. The molecule has 0 spiro atoms. The van der Waals surface area contributed by atoms with Crippen molar-refractivity contribution in [2.75, 3.05) is 57.2 Å². The fraction of sp³-hybridized carbons (Fsp3) is 0.250. The number of nitrogens with zero attached hydrogens (tertiary/aromatic N) is 5. The summed E-state index contributed by atoms with van der Waals surface area (Å²) in [6, 6.07) is 18.1. The van der Waals surface area contributed by atoms with Gasteiger partial charge in [-0.25, -0.2) is 19.4 Å². The Labute approximate surface area is 267 Å². The number of halogens is 3. The van der Waals surface area contributed by atoms with Crippen LogP contribution in [0.25, 0.3) is 16.6 Å². The van der Waals surface area contributed by atoms with E-state index in [0.29, 0.717) is 59.3 Å². The number of nitrogens with one attached hydrogen (secondary N) is 2. The highest BCUT2D eigenvalue weighted by Gasteiger charge is 2.35. The van der Waals surface area contributed by atoms with Crippen LogP contribution in [-0.4, -0.2) is 77.2 Å². The first-order chi connectivity index (χ1) is 22.8. The van der Waals surface area contributed by atoms with E-state index in [4.69, 9.17) is 18.9 Å². The second kappa shape index (κ2) is 13.9. The van der Waals surface area contributed by atoms with Crippen molar-refractivity contribution in [3.05, 3.63) is 84.8 Å². The number of methoxy groups -OCH3 is 1. The quantitative estimate of drug-likeness (QED) is 0.188. The molecule has 3 aromatic carbocycles. The lowest BCUT2D eigenvalue weighted by molar-refractivity contribution is -0.141. The molecule has 1 aliphatic rings. The van der Waals surface area contributed by atoms with Gasteiger partial charge < -0.3 is 24.3 Å². The van der Waals surface area contributed by atoms with Gasteiger partial charge in [-0.1, -0.05) is 24.3 Å². The lowest BCUT2D eigenvalue weighted by atomic mass is 10.2. The monoisotopic (exact) mass is 649 g/mol. The number of hydrogen-bond acceptors (Lipinski definition) is 9. The van der Waals surface area contributed by atoms with Crippen molar-refractivity contribution >= 4 is 28.4 Å². The zero-order valence-electron chi connectivity index (χ0n) is 25.2. The van der Waals surface area contributed by atoms with E-state index in [-0.39, 0.29) is 11.7 Å². The van der Waals surface area contributed by atoms with Crippen molar-refractivity contribution < 1.29 is 36.9 Å². The number of morpholine rings is 1. The normalized spacial score (nSPS) is 13.7. The molecule has 6 rings (SSSR count). The lowest BCUT2D eigenvalue weighted by Crippen LogP contribution is -2.38. The fourth-order valence-corrected chi connectivity index (χ4v) is 4.91. The highest BCUT2D eigenvalue weighted by molar-refractivity contribution is 5.99. The van der Waals surface area contributed by atoms with Gasteiger partial charge in [-0.3, -0.25) is 10.2 Å². The molecule has 5 aromatic rings. The Morgan fingerprint density at radius 3 is 2.53 bits per heavy atom. The van der Waals surface area contributed by atoms with Gasteiger partial charge in [0.2, 0.25) is 5.88 Å². The van der Waals surface area contributed by atoms with Gasteiger partial charge in [0, 0.05) is 43.5 Å². The third kappa shape index (κ3) is 7.70. The molecular formula is C32H30F3N7O5. The van der Waals surface area contributed by atoms with E-state index in [1.54, 1.807) is 66.7 Å². The third-order valence-electron chi connectivity index (χ3n) is 7.20. The molecule has 1 fully saturated rings. The molecular weight excluding hydrogens is 619 g/mol. The van der Waals surface area contributed by atoms with Crippen molar-refractivity contribution in [1.29, 1.82) is 0 Å². The zero-order chi connectivity index (χ0) is 32.8. The third-order valence-corrected chi connectivity index (χ3v) is 7.20. The number of urea groups is 1. The summed E-state index contributed by atoms with van der Waals surface area (Å²) in [6.45, 7) is 4.33. The molecule has 0 atom stereocenters. The predicted molar refractivity (Wildman–Crippen MR) is 167 cm³/mol. The summed E-state index contributed by atoms with van der Waals surface area (Å²) in [5.41, 5.74) is 0.0781. The van der Waals surface area contributed by atoms with Gasteiger partial charge >= 0.3 is 12.2 Å². The molecule has 3 heterocycles. The minimum absolute atomic E-state index is 0.167. The van der Waals surface area contributed by atoms with Crippen molar-refractivity contribution in [3.63, 3.8) is 0 Å². The summed E-state index contributed by atoms with van der Waals surface area (Å²) in [7, 11) is 1.54. The number of aromatic nitrogens is 4. The number of alkyl halides is 3. The van der Waals surface area contributed by atoms with Crippen LogP contribution in [0.4, 0.5) is 29.5 Å². The summed E-state index contributed by atoms with van der Waals surface area (Å²) in [5.74, 6) is 1.42. The van der Waals surface area contributed by atoms with E-state index in [9.17, 15) is 18.0 Å². The van der Waals surface area contributed by atoms with Crippen molar-refractivity contribution in [2.45, 2.75) is 6.18 Å². The van der Waals surface area contributed by atoms with E-state index in [1.807, 2.05) is 0 Å². The zero-order valence-corrected chi connectivity index (χ0v) is 25.2. The topological polar surface area (TPSA) is 125 Å². The van der Waals surface area contributed by atoms with Crippen LogP contribution in [0.3, 0.4) is 0 Å². The molecule has 1 saturated heterocycles. The lowest BCUT2D eigenvalue weighted by Gasteiger charge is -2.26. The number of hydrogen-bond donors (Lipinski definition) is 2. The summed E-state index contributed by atoms with van der Waals surface area (Å²) < 4.78 is 64.4. The number of ether oxygens (including phenoxy) is 4. The number of fused-ring (bicyclic) bond motifs is 1. The number of rotatable bonds is 10. The summed E-state index contributed by atoms with van der Waals surface area (Å²) >= 11 is 0. The average Bonchev–Trinajstić information content (AvgIpc) is 3.50. The molecule has 244 valence electrons. The van der Waals surface area contributed by atoms with Gasteiger partial charge in [-0.15, -0.1) is 0 Å². The van der Waals surface area contributed by atoms with Crippen LogP contribution in [0.2, 0.25) is 0 Å². The Hall–Kier alpha value is -5.41. The second-order valence-corrected chi connectivity index (χ2v) is 10.4. The summed E-state index contributed by atoms with van der Waals surface area (Å²) in [6.07, 6.45) is -3.34. The Balaban J connectivity index is 1.15. The number of carbonyl (C=O) groups excluding carboxylic acids is 1. The first-order valence-electron chi connectivity index (χ1n) is 14.6. The van der Waals surface area contributed by atoms with Gasteiger partial charge in [0.15, 0.2) is 17.2 Å². The van der Waals surface area contributed by atoms with E-state index in [2.05, 4.69) is 30.6 Å². The van der Waals surface area contributed by atoms with Crippen LogP contribution in [0.15, 0.2) is 79.1 Å². The molecule has 15 heteroatoms. The van der Waals surface area contributed by atoms with E-state index < -0.39 is 17.9 Å². The smallest absolute Gasteiger partial charge is 0.435 e. The van der Waals surface area contributed by atoms with Crippen molar-refractivity contribution in [3.8, 4) is 28.8 Å². The van der Waals surface area contributed by atoms with Crippen molar-refractivity contribution in [2.24, 2.45) is 0 Å². The van der Waals surface area contributed by atoms with Crippen LogP contribution >= 0.6 is 0 Å². The maximum absolute atomic E-state index is 13.4. The highest BCUT2D eigenvalue weighted by atomic mass is 19.4. The molecule has 2 aromatic heterocycles. The molecule has 2 N–H and O–H groups in total. The van der Waals surface area contributed by atoms with E-state index >= 15 is 0 Å². The van der Waals surface area contributed by atoms with E-state index in [0.717, 1.165) is 30.4 Å². The second-order valence-electron chi connectivity index (χ2n) is 10.4. The highest BCUT2D eigenvalue weighted by Crippen LogP contribution is 2.36. The number of para-hydroxylation sites is 1.